The quantitative estimate of drug-likeness (QED) is 0.642. The predicted molar refractivity (Wildman–Crippen MR) is 115 cm³/mol. The summed E-state index contributed by atoms with van der Waals surface area (Å²) >= 11 is 7.96. The predicted octanol–water partition coefficient (Wildman–Crippen LogP) is 4.16. The van der Waals surface area contributed by atoms with Crippen LogP contribution in [0.1, 0.15) is 11.1 Å². The van der Waals surface area contributed by atoms with Crippen LogP contribution in [0.4, 0.5) is 5.13 Å². The molecule has 0 saturated carbocycles. The first-order chi connectivity index (χ1) is 13.5. The SMILES string of the molecule is COc1ccc(CC(=O)N2CCN(c3nc4c(C)ccc(Cl)c4s3)CC2)cc1. The van der Waals surface area contributed by atoms with Gasteiger partial charge in [0.25, 0.3) is 0 Å². The van der Waals surface area contributed by atoms with Crippen LogP contribution in [-0.2, 0) is 11.2 Å². The van der Waals surface area contributed by atoms with E-state index in [0.717, 1.165) is 50.3 Å². The Labute approximate surface area is 173 Å². The van der Waals surface area contributed by atoms with E-state index in [9.17, 15) is 4.79 Å². The molecule has 0 radical (unpaired) electrons. The summed E-state index contributed by atoms with van der Waals surface area (Å²) in [4.78, 5) is 21.6. The normalized spacial score (nSPS) is 14.5. The molecule has 7 heteroatoms. The maximum atomic E-state index is 12.6. The molecule has 0 bridgehead atoms. The average Bonchev–Trinajstić information content (AvgIpc) is 3.18. The molecule has 28 heavy (non-hydrogen) atoms. The fourth-order valence-corrected chi connectivity index (χ4v) is 4.77. The summed E-state index contributed by atoms with van der Waals surface area (Å²) in [6.07, 6.45) is 0.417. The summed E-state index contributed by atoms with van der Waals surface area (Å²) in [5.41, 5.74) is 3.12. The highest BCUT2D eigenvalue weighted by Gasteiger charge is 2.23. The van der Waals surface area contributed by atoms with Gasteiger partial charge in [-0.1, -0.05) is 41.1 Å². The van der Waals surface area contributed by atoms with Gasteiger partial charge < -0.3 is 14.5 Å². The van der Waals surface area contributed by atoms with Crippen LogP contribution in [0.25, 0.3) is 10.2 Å². The molecule has 2 heterocycles. The Morgan fingerprint density at radius 2 is 1.86 bits per heavy atom. The molecule has 0 N–H and O–H groups in total. The monoisotopic (exact) mass is 415 g/mol. The molecule has 146 valence electrons. The number of anilines is 1. The molecule has 4 rings (SSSR count). The first-order valence-corrected chi connectivity index (χ1v) is 10.5. The van der Waals surface area contributed by atoms with Gasteiger partial charge in [0.2, 0.25) is 5.91 Å². The van der Waals surface area contributed by atoms with E-state index in [1.165, 1.54) is 0 Å². The number of thiazole rings is 1. The standard InChI is InChI=1S/C21H22ClN3O2S/c1-14-3-8-17(22)20-19(14)23-21(28-20)25-11-9-24(10-12-25)18(26)13-15-4-6-16(27-2)7-5-15/h3-8H,9-13H2,1-2H3. The zero-order valence-corrected chi connectivity index (χ0v) is 17.5. The molecule has 3 aromatic rings. The van der Waals surface area contributed by atoms with Crippen LogP contribution >= 0.6 is 22.9 Å². The molecule has 1 amide bonds. The number of hydrogen-bond donors (Lipinski definition) is 0. The number of fused-ring (bicyclic) bond motifs is 1. The molecular formula is C21H22ClN3O2S. The lowest BCUT2D eigenvalue weighted by atomic mass is 10.1. The van der Waals surface area contributed by atoms with Crippen molar-refractivity contribution < 1.29 is 9.53 Å². The van der Waals surface area contributed by atoms with Gasteiger partial charge in [0, 0.05) is 26.2 Å². The van der Waals surface area contributed by atoms with E-state index in [-0.39, 0.29) is 5.91 Å². The summed E-state index contributed by atoms with van der Waals surface area (Å²) in [6.45, 7) is 5.03. The summed E-state index contributed by atoms with van der Waals surface area (Å²) in [7, 11) is 1.64. The summed E-state index contributed by atoms with van der Waals surface area (Å²) < 4.78 is 6.20. The minimum Gasteiger partial charge on any atom is -0.497 e. The highest BCUT2D eigenvalue weighted by Crippen LogP contribution is 2.35. The number of hydrogen-bond acceptors (Lipinski definition) is 5. The highest BCUT2D eigenvalue weighted by atomic mass is 35.5. The number of ether oxygens (including phenoxy) is 1. The van der Waals surface area contributed by atoms with E-state index in [1.807, 2.05) is 41.3 Å². The lowest BCUT2D eigenvalue weighted by Crippen LogP contribution is -2.49. The number of halogens is 1. The van der Waals surface area contributed by atoms with Crippen LogP contribution in [0.3, 0.4) is 0 Å². The fraction of sp³-hybridized carbons (Fsp3) is 0.333. The largest absolute Gasteiger partial charge is 0.497 e. The molecule has 0 unspecified atom stereocenters. The second-order valence-corrected chi connectivity index (χ2v) is 8.32. The number of carbonyl (C=O) groups is 1. The van der Waals surface area contributed by atoms with E-state index < -0.39 is 0 Å². The molecule has 1 aromatic heterocycles. The van der Waals surface area contributed by atoms with E-state index >= 15 is 0 Å². The smallest absolute Gasteiger partial charge is 0.227 e. The molecule has 1 fully saturated rings. The molecule has 0 aliphatic carbocycles. The lowest BCUT2D eigenvalue weighted by Gasteiger charge is -2.34. The average molecular weight is 416 g/mol. The number of aryl methyl sites for hydroxylation is 1. The van der Waals surface area contributed by atoms with Crippen LogP contribution in [0, 0.1) is 6.92 Å². The maximum Gasteiger partial charge on any atom is 0.227 e. The molecule has 1 saturated heterocycles. The van der Waals surface area contributed by atoms with Gasteiger partial charge >= 0.3 is 0 Å². The number of aromatic nitrogens is 1. The first-order valence-electron chi connectivity index (χ1n) is 9.26. The summed E-state index contributed by atoms with van der Waals surface area (Å²) in [5.74, 6) is 0.962. The maximum absolute atomic E-state index is 12.6. The van der Waals surface area contributed by atoms with Crippen LogP contribution in [-0.4, -0.2) is 49.1 Å². The van der Waals surface area contributed by atoms with Crippen LogP contribution in [0.15, 0.2) is 36.4 Å². The number of rotatable bonds is 4. The fourth-order valence-electron chi connectivity index (χ4n) is 3.40. The number of nitrogens with zero attached hydrogens (tertiary/aromatic N) is 3. The van der Waals surface area contributed by atoms with Crippen molar-refractivity contribution in [3.63, 3.8) is 0 Å². The van der Waals surface area contributed by atoms with E-state index in [2.05, 4.69) is 11.8 Å². The lowest BCUT2D eigenvalue weighted by molar-refractivity contribution is -0.130. The molecule has 1 aliphatic rings. The molecule has 1 aliphatic heterocycles. The molecular weight excluding hydrogens is 394 g/mol. The van der Waals surface area contributed by atoms with Crippen molar-refractivity contribution >= 4 is 44.2 Å². The summed E-state index contributed by atoms with van der Waals surface area (Å²) in [5, 5.41) is 1.73. The van der Waals surface area contributed by atoms with Crippen LogP contribution in [0.5, 0.6) is 5.75 Å². The third kappa shape index (κ3) is 3.80. The second kappa shape index (κ2) is 7.97. The van der Waals surface area contributed by atoms with Crippen molar-refractivity contribution in [2.24, 2.45) is 0 Å². The zero-order chi connectivity index (χ0) is 19.7. The van der Waals surface area contributed by atoms with Crippen molar-refractivity contribution in [1.29, 1.82) is 0 Å². The number of piperazine rings is 1. The van der Waals surface area contributed by atoms with Gasteiger partial charge in [-0.25, -0.2) is 4.98 Å². The van der Waals surface area contributed by atoms with Crippen molar-refractivity contribution in [3.8, 4) is 5.75 Å². The Morgan fingerprint density at radius 3 is 2.50 bits per heavy atom. The number of amides is 1. The van der Waals surface area contributed by atoms with Gasteiger partial charge in [-0.15, -0.1) is 0 Å². The second-order valence-electron chi connectivity index (χ2n) is 6.93. The van der Waals surface area contributed by atoms with E-state index in [4.69, 9.17) is 21.3 Å². The number of carbonyl (C=O) groups excluding carboxylic acids is 1. The third-order valence-electron chi connectivity index (χ3n) is 5.10. The van der Waals surface area contributed by atoms with Gasteiger partial charge in [-0.2, -0.15) is 0 Å². The first kappa shape index (κ1) is 19.0. The van der Waals surface area contributed by atoms with Gasteiger partial charge in [0.05, 0.1) is 28.8 Å². The topological polar surface area (TPSA) is 45.7 Å². The zero-order valence-electron chi connectivity index (χ0n) is 15.9. The highest BCUT2D eigenvalue weighted by molar-refractivity contribution is 7.22. The Morgan fingerprint density at radius 1 is 1.14 bits per heavy atom. The van der Waals surface area contributed by atoms with Crippen molar-refractivity contribution in [2.45, 2.75) is 13.3 Å². The molecule has 0 atom stereocenters. The Bertz CT molecular complexity index is 956. The van der Waals surface area contributed by atoms with Gasteiger partial charge in [-0.3, -0.25) is 4.79 Å². The van der Waals surface area contributed by atoms with Gasteiger partial charge in [-0.05, 0) is 36.2 Å². The van der Waals surface area contributed by atoms with E-state index in [1.54, 1.807) is 18.4 Å². The Kier molecular flexibility index (Phi) is 5.42. The third-order valence-corrected chi connectivity index (χ3v) is 6.68. The van der Waals surface area contributed by atoms with Gasteiger partial charge in [0.15, 0.2) is 5.13 Å². The van der Waals surface area contributed by atoms with Crippen LogP contribution in [0.2, 0.25) is 5.02 Å². The van der Waals surface area contributed by atoms with Crippen molar-refractivity contribution in [2.75, 3.05) is 38.2 Å². The minimum absolute atomic E-state index is 0.160. The van der Waals surface area contributed by atoms with Gasteiger partial charge in [0.1, 0.15) is 5.75 Å². The number of methoxy groups -OCH3 is 1. The van der Waals surface area contributed by atoms with Crippen molar-refractivity contribution in [1.82, 2.24) is 9.88 Å². The van der Waals surface area contributed by atoms with Crippen molar-refractivity contribution in [3.05, 3.63) is 52.5 Å². The molecule has 0 spiro atoms. The molecule has 2 aromatic carbocycles. The Hall–Kier alpha value is -2.31. The Balaban J connectivity index is 1.39. The number of benzene rings is 2. The molecule has 5 nitrogen and oxygen atoms in total. The summed E-state index contributed by atoms with van der Waals surface area (Å²) in [6, 6.07) is 11.6. The van der Waals surface area contributed by atoms with E-state index in [0.29, 0.717) is 19.5 Å². The van der Waals surface area contributed by atoms with Crippen LogP contribution < -0.4 is 9.64 Å². The minimum atomic E-state index is 0.160.